The smallest absolute Gasteiger partial charge is 0.407 e. The van der Waals surface area contributed by atoms with Gasteiger partial charge in [-0.1, -0.05) is 39.0 Å². The van der Waals surface area contributed by atoms with Gasteiger partial charge in [-0.3, -0.25) is 9.59 Å². The van der Waals surface area contributed by atoms with Crippen LogP contribution in [-0.4, -0.2) is 87.5 Å². The minimum Gasteiger partial charge on any atom is -0.488 e. The number of methoxy groups -OCH3 is 1. The Morgan fingerprint density at radius 1 is 1.10 bits per heavy atom. The van der Waals surface area contributed by atoms with E-state index in [1.807, 2.05) is 18.9 Å². The topological polar surface area (TPSA) is 158 Å². The Morgan fingerprint density at radius 2 is 1.90 bits per heavy atom. The third kappa shape index (κ3) is 6.56. The van der Waals surface area contributed by atoms with E-state index in [1.165, 1.54) is 7.11 Å². The highest BCUT2D eigenvalue weighted by Crippen LogP contribution is 2.45. The fourth-order valence-electron chi connectivity index (χ4n) is 7.59. The lowest BCUT2D eigenvalue weighted by Gasteiger charge is -2.29. The molecule has 4 N–H and O–H groups in total. The van der Waals surface area contributed by atoms with Crippen LogP contribution in [0.1, 0.15) is 63.3 Å². The van der Waals surface area contributed by atoms with Gasteiger partial charge in [-0.15, -0.1) is 0 Å². The molecule has 3 aromatic carbocycles. The number of fused-ring (bicyclic) bond motifs is 7. The van der Waals surface area contributed by atoms with E-state index in [-0.39, 0.29) is 36.4 Å². The highest BCUT2D eigenvalue weighted by atomic mass is 16.5. The Hall–Kier alpha value is -5.43. The Bertz CT molecular complexity index is 2140. The number of H-pyrrole nitrogens is 2. The van der Waals surface area contributed by atoms with Gasteiger partial charge in [0.05, 0.1) is 48.7 Å². The molecular weight excluding hydrogens is 660 g/mol. The van der Waals surface area contributed by atoms with E-state index in [0.29, 0.717) is 25.5 Å². The van der Waals surface area contributed by atoms with Gasteiger partial charge in [-0.25, -0.2) is 14.8 Å². The molecule has 1 saturated heterocycles. The minimum atomic E-state index is -0.646. The Labute approximate surface area is 302 Å². The molecule has 0 bridgehead atoms. The first-order chi connectivity index (χ1) is 25.2. The standard InChI is InChI=1S/C39H46N8O5/c1-6-15-46(33(48)19-42-39(50)51-5)20-32-41-18-30(43-32)23-9-10-25-24(17-23)21-52-36-27(25)12-11-26-28(36)13-14-29-35(26)45-37(44-29)31-8-7-16-47(31)38(49)34(40-4)22(2)3/h9-14,17-18,22,31,34,40H,6-8,15-16,19-21H2,1-5H3,(H,41,43)(H,42,50)(H,44,45). The van der Waals surface area contributed by atoms with Gasteiger partial charge in [0.2, 0.25) is 11.8 Å². The monoisotopic (exact) mass is 706 g/mol. The molecule has 0 radical (unpaired) electrons. The number of carbonyl (C=O) groups is 3. The lowest BCUT2D eigenvalue weighted by molar-refractivity contribution is -0.135. The number of amides is 3. The summed E-state index contributed by atoms with van der Waals surface area (Å²) < 4.78 is 11.1. The van der Waals surface area contributed by atoms with E-state index in [0.717, 1.165) is 87.1 Å². The first-order valence-corrected chi connectivity index (χ1v) is 18.0. The molecular formula is C39H46N8O5. The van der Waals surface area contributed by atoms with Crippen molar-refractivity contribution in [2.75, 3.05) is 33.8 Å². The molecule has 0 saturated carbocycles. The van der Waals surface area contributed by atoms with Gasteiger partial charge in [-0.2, -0.15) is 0 Å². The SMILES string of the molecule is CCCN(Cc1ncc(-c2ccc3c(c2)COc2c-3ccc3c2ccc2[nH]c(C4CCCN4C(=O)C(NC)C(C)C)nc23)[nH]1)C(=O)CNC(=O)OC. The maximum atomic E-state index is 13.5. The Morgan fingerprint density at radius 3 is 2.67 bits per heavy atom. The zero-order valence-electron chi connectivity index (χ0n) is 30.3. The number of hydrogen-bond donors (Lipinski definition) is 4. The van der Waals surface area contributed by atoms with Crippen molar-refractivity contribution in [1.29, 1.82) is 0 Å². The van der Waals surface area contributed by atoms with E-state index < -0.39 is 6.09 Å². The van der Waals surface area contributed by atoms with Crippen LogP contribution < -0.4 is 15.4 Å². The highest BCUT2D eigenvalue weighted by Gasteiger charge is 2.36. The van der Waals surface area contributed by atoms with Crippen LogP contribution in [0.15, 0.2) is 48.7 Å². The zero-order chi connectivity index (χ0) is 36.5. The molecule has 2 aliphatic heterocycles. The number of benzene rings is 3. The summed E-state index contributed by atoms with van der Waals surface area (Å²) in [6.07, 6.45) is 3.72. The number of rotatable bonds is 11. The number of carbonyl (C=O) groups excluding carboxylic acids is 3. The summed E-state index contributed by atoms with van der Waals surface area (Å²) in [6.45, 7) is 7.95. The molecule has 272 valence electrons. The molecule has 1 fully saturated rings. The zero-order valence-corrected chi connectivity index (χ0v) is 30.3. The molecule has 4 heterocycles. The number of nitrogens with one attached hydrogen (secondary N) is 4. The molecule has 5 aromatic rings. The van der Waals surface area contributed by atoms with Crippen LogP contribution in [0.3, 0.4) is 0 Å². The van der Waals surface area contributed by atoms with E-state index in [4.69, 9.17) is 9.72 Å². The van der Waals surface area contributed by atoms with Crippen molar-refractivity contribution >= 4 is 39.7 Å². The van der Waals surface area contributed by atoms with Crippen LogP contribution in [0.5, 0.6) is 5.75 Å². The van der Waals surface area contributed by atoms with Gasteiger partial charge in [0.25, 0.3) is 0 Å². The van der Waals surface area contributed by atoms with Crippen molar-refractivity contribution in [2.24, 2.45) is 5.92 Å². The molecule has 2 aliphatic rings. The number of imidazole rings is 2. The number of aromatic nitrogens is 4. The summed E-state index contributed by atoms with van der Waals surface area (Å²) in [7, 11) is 3.11. The van der Waals surface area contributed by atoms with Gasteiger partial charge >= 0.3 is 6.09 Å². The molecule has 2 atom stereocenters. The first kappa shape index (κ1) is 35.0. The van der Waals surface area contributed by atoms with Gasteiger partial charge in [0, 0.05) is 29.4 Å². The molecule has 2 aromatic heterocycles. The second-order valence-corrected chi connectivity index (χ2v) is 13.9. The van der Waals surface area contributed by atoms with Crippen molar-refractivity contribution in [1.82, 2.24) is 40.4 Å². The van der Waals surface area contributed by atoms with Crippen LogP contribution >= 0.6 is 0 Å². The van der Waals surface area contributed by atoms with Crippen LogP contribution in [0, 0.1) is 5.92 Å². The van der Waals surface area contributed by atoms with Crippen molar-refractivity contribution in [3.63, 3.8) is 0 Å². The summed E-state index contributed by atoms with van der Waals surface area (Å²) in [5, 5.41) is 7.66. The quantitative estimate of drug-likeness (QED) is 0.137. The molecule has 0 spiro atoms. The Kier molecular flexibility index (Phi) is 9.87. The average Bonchev–Trinajstić information content (AvgIpc) is 3.93. The van der Waals surface area contributed by atoms with Crippen LogP contribution in [0.4, 0.5) is 4.79 Å². The van der Waals surface area contributed by atoms with Crippen molar-refractivity contribution in [2.45, 2.75) is 65.3 Å². The number of likely N-dealkylation sites (tertiary alicyclic amines) is 1. The maximum Gasteiger partial charge on any atom is 0.407 e. The number of likely N-dealkylation sites (N-methyl/N-ethyl adjacent to an activating group) is 1. The number of nitrogens with zero attached hydrogens (tertiary/aromatic N) is 4. The summed E-state index contributed by atoms with van der Waals surface area (Å²) in [6, 6.07) is 14.4. The van der Waals surface area contributed by atoms with E-state index >= 15 is 0 Å². The molecule has 0 aliphatic carbocycles. The van der Waals surface area contributed by atoms with Crippen molar-refractivity contribution in [3.05, 3.63) is 65.9 Å². The summed E-state index contributed by atoms with van der Waals surface area (Å²) in [5.74, 6) is 2.41. The largest absolute Gasteiger partial charge is 0.488 e. The number of aromatic amines is 2. The minimum absolute atomic E-state index is 0.0847. The third-order valence-electron chi connectivity index (χ3n) is 10.2. The summed E-state index contributed by atoms with van der Waals surface area (Å²) in [5.41, 5.74) is 6.81. The van der Waals surface area contributed by atoms with E-state index in [9.17, 15) is 14.4 Å². The average molecular weight is 707 g/mol. The van der Waals surface area contributed by atoms with Crippen LogP contribution in [-0.2, 0) is 27.5 Å². The van der Waals surface area contributed by atoms with Gasteiger partial charge < -0.3 is 39.9 Å². The fourth-order valence-corrected chi connectivity index (χ4v) is 7.59. The maximum absolute atomic E-state index is 13.5. The third-order valence-corrected chi connectivity index (χ3v) is 10.2. The summed E-state index contributed by atoms with van der Waals surface area (Å²) in [4.78, 5) is 57.9. The molecule has 2 unspecified atom stereocenters. The van der Waals surface area contributed by atoms with Gasteiger partial charge in [-0.05, 0) is 73.2 Å². The Balaban J connectivity index is 1.12. The predicted octanol–water partition coefficient (Wildman–Crippen LogP) is 5.67. The van der Waals surface area contributed by atoms with Crippen molar-refractivity contribution in [3.8, 4) is 28.1 Å². The lowest BCUT2D eigenvalue weighted by atomic mass is 9.92. The molecule has 7 rings (SSSR count). The highest BCUT2D eigenvalue weighted by molar-refractivity contribution is 6.09. The lowest BCUT2D eigenvalue weighted by Crippen LogP contribution is -2.47. The molecule has 52 heavy (non-hydrogen) atoms. The van der Waals surface area contributed by atoms with E-state index in [2.05, 4.69) is 86.6 Å². The van der Waals surface area contributed by atoms with E-state index in [1.54, 1.807) is 11.1 Å². The summed E-state index contributed by atoms with van der Waals surface area (Å²) >= 11 is 0. The second-order valence-electron chi connectivity index (χ2n) is 13.9. The van der Waals surface area contributed by atoms with Crippen LogP contribution in [0.2, 0.25) is 0 Å². The predicted molar refractivity (Wildman–Crippen MR) is 198 cm³/mol. The molecule has 13 nitrogen and oxygen atoms in total. The number of hydrogen-bond acceptors (Lipinski definition) is 8. The number of alkyl carbamates (subject to hydrolysis) is 1. The van der Waals surface area contributed by atoms with Crippen molar-refractivity contribution < 1.29 is 23.9 Å². The molecule has 13 heteroatoms. The second kappa shape index (κ2) is 14.7. The van der Waals surface area contributed by atoms with Gasteiger partial charge in [0.1, 0.15) is 30.5 Å². The fraction of sp³-hybridized carbons (Fsp3) is 0.410. The van der Waals surface area contributed by atoms with Gasteiger partial charge in [0.15, 0.2) is 0 Å². The first-order valence-electron chi connectivity index (χ1n) is 18.0. The normalized spacial score (nSPS) is 15.7. The van der Waals surface area contributed by atoms with Crippen LogP contribution in [0.25, 0.3) is 44.2 Å². The molecule has 3 amide bonds. The number of ether oxygens (including phenoxy) is 2.